The number of ketones is 4. The number of carbonyl (C=O) groups excluding carboxylic acids is 4. The summed E-state index contributed by atoms with van der Waals surface area (Å²) in [5, 5.41) is 2.09. The highest BCUT2D eigenvalue weighted by molar-refractivity contribution is 6.50. The number of hydrogen-bond acceptors (Lipinski definition) is 4. The van der Waals surface area contributed by atoms with Crippen molar-refractivity contribution < 1.29 is 19.2 Å². The maximum absolute atomic E-state index is 12.1. The van der Waals surface area contributed by atoms with Gasteiger partial charge in [-0.2, -0.15) is 0 Å². The Morgan fingerprint density at radius 3 is 1.47 bits per heavy atom. The Morgan fingerprint density at radius 2 is 0.906 bits per heavy atom. The first-order valence-electron chi connectivity index (χ1n) is 10.1. The molecule has 0 heterocycles. The van der Waals surface area contributed by atoms with Crippen LogP contribution in [-0.4, -0.2) is 23.1 Å². The molecule has 2 aliphatic carbocycles. The minimum atomic E-state index is -0.442. The van der Waals surface area contributed by atoms with Gasteiger partial charge in [-0.25, -0.2) is 0 Å². The van der Waals surface area contributed by atoms with E-state index in [1.165, 1.54) is 6.08 Å². The van der Waals surface area contributed by atoms with E-state index in [1.54, 1.807) is 60.7 Å². The summed E-state index contributed by atoms with van der Waals surface area (Å²) in [7, 11) is 0. The largest absolute Gasteiger partial charge is 0.289 e. The molecule has 0 unspecified atom stereocenters. The van der Waals surface area contributed by atoms with Crippen LogP contribution in [-0.2, 0) is 4.79 Å². The van der Waals surface area contributed by atoms with E-state index in [0.29, 0.717) is 27.8 Å². The second kappa shape index (κ2) is 7.67. The van der Waals surface area contributed by atoms with Gasteiger partial charge in [-0.1, -0.05) is 78.9 Å². The van der Waals surface area contributed by atoms with Gasteiger partial charge in [0.15, 0.2) is 11.6 Å². The van der Waals surface area contributed by atoms with Crippen molar-refractivity contribution in [3.8, 4) is 0 Å². The number of fused-ring (bicyclic) bond motifs is 5. The number of hydrogen-bond donors (Lipinski definition) is 0. The molecule has 0 bridgehead atoms. The molecular weight excluding hydrogens is 400 g/mol. The van der Waals surface area contributed by atoms with Gasteiger partial charge in [0.25, 0.3) is 0 Å². The van der Waals surface area contributed by atoms with Crippen molar-refractivity contribution >= 4 is 40.0 Å². The third kappa shape index (κ3) is 3.10. The highest BCUT2D eigenvalue weighted by Gasteiger charge is 2.28. The molecule has 4 aromatic rings. The summed E-state index contributed by atoms with van der Waals surface area (Å²) in [5.74, 6) is -0.984. The Balaban J connectivity index is 0.000000135. The molecule has 0 spiro atoms. The van der Waals surface area contributed by atoms with Gasteiger partial charge in [0.2, 0.25) is 11.6 Å². The number of benzene rings is 4. The Morgan fingerprint density at radius 1 is 0.406 bits per heavy atom. The van der Waals surface area contributed by atoms with Crippen molar-refractivity contribution in [2.24, 2.45) is 0 Å². The highest BCUT2D eigenvalue weighted by atomic mass is 16.2. The van der Waals surface area contributed by atoms with E-state index in [1.807, 2.05) is 30.3 Å². The summed E-state index contributed by atoms with van der Waals surface area (Å²) in [6.45, 7) is 0. The van der Waals surface area contributed by atoms with Crippen LogP contribution >= 0.6 is 0 Å². The summed E-state index contributed by atoms with van der Waals surface area (Å²) in [6, 6.07) is 25.3. The van der Waals surface area contributed by atoms with Crippen molar-refractivity contribution in [3.05, 3.63) is 124 Å². The Hall–Kier alpha value is -4.44. The van der Waals surface area contributed by atoms with Gasteiger partial charge < -0.3 is 0 Å². The number of Topliss-reactive ketones (excluding diaryl/α,β-unsaturated/α-hetero) is 1. The molecule has 0 aliphatic heterocycles. The SMILES string of the molecule is O=C1C=Cc2c(ccc3ccccc23)C1=O.O=C1c2ccccc2C(=O)c2ccccc21. The fraction of sp³-hybridized carbons (Fsp3) is 0. The van der Waals surface area contributed by atoms with Gasteiger partial charge in [-0.15, -0.1) is 0 Å². The van der Waals surface area contributed by atoms with Crippen molar-refractivity contribution in [1.29, 1.82) is 0 Å². The topological polar surface area (TPSA) is 68.3 Å². The maximum atomic E-state index is 12.1. The molecule has 2 aliphatic rings. The second-order valence-electron chi connectivity index (χ2n) is 7.52. The normalized spacial score (nSPS) is 13.8. The first-order valence-corrected chi connectivity index (χ1v) is 10.1. The molecule has 0 saturated carbocycles. The zero-order valence-corrected chi connectivity index (χ0v) is 16.9. The van der Waals surface area contributed by atoms with Crippen LogP contribution in [0.15, 0.2) is 91.0 Å². The molecule has 152 valence electrons. The lowest BCUT2D eigenvalue weighted by atomic mass is 9.84. The number of allylic oxidation sites excluding steroid dienone is 1. The lowest BCUT2D eigenvalue weighted by Crippen LogP contribution is -2.20. The molecular formula is C28H16O4. The minimum Gasteiger partial charge on any atom is -0.289 e. The Kier molecular flexibility index (Phi) is 4.68. The highest BCUT2D eigenvalue weighted by Crippen LogP contribution is 2.27. The molecule has 0 fully saturated rings. The van der Waals surface area contributed by atoms with Gasteiger partial charge >= 0.3 is 0 Å². The zero-order chi connectivity index (χ0) is 22.2. The van der Waals surface area contributed by atoms with Gasteiger partial charge in [0.05, 0.1) is 0 Å². The van der Waals surface area contributed by atoms with Crippen LogP contribution in [0.3, 0.4) is 0 Å². The predicted molar refractivity (Wildman–Crippen MR) is 122 cm³/mol. The average molecular weight is 416 g/mol. The van der Waals surface area contributed by atoms with Crippen molar-refractivity contribution in [3.63, 3.8) is 0 Å². The summed E-state index contributed by atoms with van der Waals surface area (Å²) in [4.78, 5) is 47.1. The Bertz CT molecular complexity index is 1390. The van der Waals surface area contributed by atoms with Gasteiger partial charge in [-0.05, 0) is 34.6 Å². The molecule has 0 radical (unpaired) electrons. The summed E-state index contributed by atoms with van der Waals surface area (Å²) < 4.78 is 0. The molecule has 32 heavy (non-hydrogen) atoms. The molecule has 4 heteroatoms. The summed E-state index contributed by atoms with van der Waals surface area (Å²) in [6.07, 6.45) is 3.07. The van der Waals surface area contributed by atoms with E-state index in [0.717, 1.165) is 16.3 Å². The molecule has 0 amide bonds. The van der Waals surface area contributed by atoms with Crippen molar-refractivity contribution in [2.75, 3.05) is 0 Å². The van der Waals surface area contributed by atoms with Gasteiger partial charge in [-0.3, -0.25) is 19.2 Å². The fourth-order valence-electron chi connectivity index (χ4n) is 4.09. The molecule has 4 nitrogen and oxygen atoms in total. The number of carbonyl (C=O) groups is 4. The molecule has 0 atom stereocenters. The standard InChI is InChI=1S/2C14H8O2/c15-13-9-5-1-2-6-10(9)14(16)12-8-4-3-7-11(12)13;15-13-8-7-11-10-4-2-1-3-9(10)5-6-12(11)14(13)16/h2*1-8H. The predicted octanol–water partition coefficient (Wildman–Crippen LogP) is 5.08. The summed E-state index contributed by atoms with van der Waals surface area (Å²) in [5.41, 5.74) is 3.38. The van der Waals surface area contributed by atoms with Gasteiger partial charge in [0.1, 0.15) is 0 Å². The third-order valence-corrected chi connectivity index (χ3v) is 5.67. The van der Waals surface area contributed by atoms with Crippen LogP contribution in [0, 0.1) is 0 Å². The van der Waals surface area contributed by atoms with E-state index < -0.39 is 11.6 Å². The third-order valence-electron chi connectivity index (χ3n) is 5.67. The number of rotatable bonds is 0. The van der Waals surface area contributed by atoms with Crippen LogP contribution in [0.1, 0.15) is 47.8 Å². The fourth-order valence-corrected chi connectivity index (χ4v) is 4.09. The van der Waals surface area contributed by atoms with Gasteiger partial charge in [0, 0.05) is 27.8 Å². The summed E-state index contributed by atoms with van der Waals surface area (Å²) >= 11 is 0. The van der Waals surface area contributed by atoms with Crippen LogP contribution < -0.4 is 0 Å². The van der Waals surface area contributed by atoms with Crippen LogP contribution in [0.5, 0.6) is 0 Å². The zero-order valence-electron chi connectivity index (χ0n) is 16.9. The molecule has 4 aromatic carbocycles. The first kappa shape index (κ1) is 19.5. The van der Waals surface area contributed by atoms with E-state index in [2.05, 4.69) is 0 Å². The lowest BCUT2D eigenvalue weighted by Gasteiger charge is -2.16. The monoisotopic (exact) mass is 416 g/mol. The molecule has 0 saturated heterocycles. The van der Waals surface area contributed by atoms with E-state index in [4.69, 9.17) is 0 Å². The molecule has 0 N–H and O–H groups in total. The first-order chi connectivity index (χ1) is 15.6. The van der Waals surface area contributed by atoms with Crippen LogP contribution in [0.4, 0.5) is 0 Å². The van der Waals surface area contributed by atoms with E-state index >= 15 is 0 Å². The van der Waals surface area contributed by atoms with Crippen molar-refractivity contribution in [2.45, 2.75) is 0 Å². The second-order valence-corrected chi connectivity index (χ2v) is 7.52. The molecule has 0 aromatic heterocycles. The van der Waals surface area contributed by atoms with Crippen molar-refractivity contribution in [1.82, 2.24) is 0 Å². The average Bonchev–Trinajstić information content (AvgIpc) is 2.85. The van der Waals surface area contributed by atoms with E-state index in [-0.39, 0.29) is 11.6 Å². The van der Waals surface area contributed by atoms with Crippen LogP contribution in [0.25, 0.3) is 16.8 Å². The minimum absolute atomic E-state index is 0.0641. The molecule has 6 rings (SSSR count). The lowest BCUT2D eigenvalue weighted by molar-refractivity contribution is -0.110. The quantitative estimate of drug-likeness (QED) is 0.330. The van der Waals surface area contributed by atoms with Crippen LogP contribution in [0.2, 0.25) is 0 Å². The Labute approximate surface area is 183 Å². The smallest absolute Gasteiger partial charge is 0.233 e. The maximum Gasteiger partial charge on any atom is 0.233 e. The van der Waals surface area contributed by atoms with E-state index in [9.17, 15) is 19.2 Å².